The van der Waals surface area contributed by atoms with E-state index >= 15 is 0 Å². The van der Waals surface area contributed by atoms with Crippen molar-refractivity contribution in [3.05, 3.63) is 59.9 Å². The van der Waals surface area contributed by atoms with Crippen LogP contribution < -0.4 is 11.1 Å². The average molecular weight is 278 g/mol. The Bertz CT molecular complexity index is 829. The molecule has 21 heavy (non-hydrogen) atoms. The van der Waals surface area contributed by atoms with E-state index in [1.165, 1.54) is 0 Å². The largest absolute Gasteiger partial charge is 0.384 e. The Morgan fingerprint density at radius 2 is 2.00 bits per heavy atom. The number of pyridine rings is 2. The van der Waals surface area contributed by atoms with E-state index in [2.05, 4.69) is 15.3 Å². The Kier molecular flexibility index (Phi) is 3.23. The van der Waals surface area contributed by atoms with Gasteiger partial charge in [0, 0.05) is 11.6 Å². The zero-order valence-electron chi connectivity index (χ0n) is 11.5. The third kappa shape index (κ3) is 2.53. The highest BCUT2D eigenvalue weighted by atomic mass is 16.1. The molecule has 0 fully saturated rings. The number of nitrogens with two attached hydrogens (primary N) is 1. The normalized spacial score (nSPS) is 10.5. The number of rotatable bonds is 2. The van der Waals surface area contributed by atoms with E-state index in [1.807, 2.05) is 37.3 Å². The summed E-state index contributed by atoms with van der Waals surface area (Å²) in [5.74, 6) is 0.0955. The lowest BCUT2D eigenvalue weighted by Gasteiger charge is -2.10. The number of fused-ring (bicyclic) bond motifs is 1. The van der Waals surface area contributed by atoms with Crippen molar-refractivity contribution in [1.29, 1.82) is 0 Å². The number of nitrogens with one attached hydrogen (secondary N) is 1. The number of hydrogen-bond acceptors (Lipinski definition) is 4. The number of amides is 1. The Balaban J connectivity index is 2.04. The summed E-state index contributed by atoms with van der Waals surface area (Å²) in [7, 11) is 0. The SMILES string of the molecule is Cc1ncccc1NC(=O)c1cc(N)nc2ccccc12. The van der Waals surface area contributed by atoms with Gasteiger partial charge in [-0.25, -0.2) is 4.98 Å². The Labute approximate surface area is 121 Å². The molecule has 104 valence electrons. The lowest BCUT2D eigenvalue weighted by atomic mass is 10.1. The second kappa shape index (κ2) is 5.20. The molecule has 0 unspecified atom stereocenters. The molecule has 3 rings (SSSR count). The van der Waals surface area contributed by atoms with Crippen molar-refractivity contribution in [3.63, 3.8) is 0 Å². The van der Waals surface area contributed by atoms with Gasteiger partial charge < -0.3 is 11.1 Å². The van der Waals surface area contributed by atoms with Gasteiger partial charge >= 0.3 is 0 Å². The minimum absolute atomic E-state index is 0.226. The number of hydrogen-bond donors (Lipinski definition) is 2. The van der Waals surface area contributed by atoms with Crippen LogP contribution in [0, 0.1) is 6.92 Å². The van der Waals surface area contributed by atoms with Crippen LogP contribution in [0.5, 0.6) is 0 Å². The van der Waals surface area contributed by atoms with Gasteiger partial charge in [0.15, 0.2) is 0 Å². The molecule has 3 N–H and O–H groups in total. The second-order valence-electron chi connectivity index (χ2n) is 4.70. The third-order valence-corrected chi connectivity index (χ3v) is 3.24. The van der Waals surface area contributed by atoms with E-state index in [9.17, 15) is 4.79 Å². The highest BCUT2D eigenvalue weighted by molar-refractivity contribution is 6.13. The second-order valence-corrected chi connectivity index (χ2v) is 4.70. The predicted molar refractivity (Wildman–Crippen MR) is 83.1 cm³/mol. The molecule has 2 heterocycles. The maximum Gasteiger partial charge on any atom is 0.256 e. The molecule has 0 spiro atoms. The van der Waals surface area contributed by atoms with Gasteiger partial charge in [-0.1, -0.05) is 18.2 Å². The highest BCUT2D eigenvalue weighted by Crippen LogP contribution is 2.21. The van der Waals surface area contributed by atoms with Crippen molar-refractivity contribution in [2.24, 2.45) is 0 Å². The average Bonchev–Trinajstić information content (AvgIpc) is 2.48. The molecule has 0 bridgehead atoms. The standard InChI is InChI=1S/C16H14N4O/c1-10-13(7-4-8-18-10)20-16(21)12-9-15(17)19-14-6-3-2-5-11(12)14/h2-9H,1H3,(H2,17,19)(H,20,21). The van der Waals surface area contributed by atoms with Crippen LogP contribution in [-0.2, 0) is 0 Å². The smallest absolute Gasteiger partial charge is 0.256 e. The molecule has 0 saturated heterocycles. The number of benzene rings is 1. The molecular weight excluding hydrogens is 264 g/mol. The summed E-state index contributed by atoms with van der Waals surface area (Å²) in [6.45, 7) is 1.84. The summed E-state index contributed by atoms with van der Waals surface area (Å²) in [6.07, 6.45) is 1.69. The summed E-state index contributed by atoms with van der Waals surface area (Å²) in [4.78, 5) is 20.9. The molecule has 0 aliphatic rings. The van der Waals surface area contributed by atoms with E-state index in [1.54, 1.807) is 18.3 Å². The van der Waals surface area contributed by atoms with Gasteiger partial charge in [0.1, 0.15) is 5.82 Å². The molecule has 0 atom stereocenters. The van der Waals surface area contributed by atoms with Crippen LogP contribution in [0.25, 0.3) is 10.9 Å². The molecular formula is C16H14N4O. The van der Waals surface area contributed by atoms with E-state index in [0.717, 1.165) is 11.1 Å². The number of nitrogens with zero attached hydrogens (tertiary/aromatic N) is 2. The van der Waals surface area contributed by atoms with E-state index in [0.29, 0.717) is 22.6 Å². The van der Waals surface area contributed by atoms with Crippen molar-refractivity contribution < 1.29 is 4.79 Å². The lowest BCUT2D eigenvalue weighted by Crippen LogP contribution is -2.14. The van der Waals surface area contributed by atoms with Gasteiger partial charge in [-0.3, -0.25) is 9.78 Å². The van der Waals surface area contributed by atoms with Crippen LogP contribution >= 0.6 is 0 Å². The summed E-state index contributed by atoms with van der Waals surface area (Å²) in [5.41, 5.74) is 8.43. The van der Waals surface area contributed by atoms with Gasteiger partial charge in [0.25, 0.3) is 5.91 Å². The molecule has 0 aliphatic carbocycles. The summed E-state index contributed by atoms with van der Waals surface area (Å²) < 4.78 is 0. The first-order valence-electron chi connectivity index (χ1n) is 6.53. The van der Waals surface area contributed by atoms with Gasteiger partial charge in [0.2, 0.25) is 0 Å². The molecule has 0 radical (unpaired) electrons. The molecule has 0 aliphatic heterocycles. The summed E-state index contributed by atoms with van der Waals surface area (Å²) >= 11 is 0. The van der Waals surface area contributed by atoms with Crippen molar-refractivity contribution in [1.82, 2.24) is 9.97 Å². The molecule has 1 amide bonds. The van der Waals surface area contributed by atoms with Gasteiger partial charge in [-0.05, 0) is 31.2 Å². The van der Waals surface area contributed by atoms with Gasteiger partial charge in [0.05, 0.1) is 22.5 Å². The Morgan fingerprint density at radius 3 is 2.81 bits per heavy atom. The van der Waals surface area contributed by atoms with Crippen molar-refractivity contribution in [2.75, 3.05) is 11.1 Å². The van der Waals surface area contributed by atoms with Crippen molar-refractivity contribution in [2.45, 2.75) is 6.92 Å². The van der Waals surface area contributed by atoms with E-state index < -0.39 is 0 Å². The first-order valence-corrected chi connectivity index (χ1v) is 6.53. The number of aromatic nitrogens is 2. The fourth-order valence-electron chi connectivity index (χ4n) is 2.19. The van der Waals surface area contributed by atoms with Gasteiger partial charge in [-0.2, -0.15) is 0 Å². The number of carbonyl (C=O) groups excluding carboxylic acids is 1. The number of aryl methyl sites for hydroxylation is 1. The number of para-hydroxylation sites is 1. The quantitative estimate of drug-likeness (QED) is 0.755. The number of anilines is 2. The predicted octanol–water partition coefficient (Wildman–Crippen LogP) is 2.77. The Hall–Kier alpha value is -2.95. The first kappa shape index (κ1) is 13.1. The molecule has 3 aromatic rings. The number of carbonyl (C=O) groups is 1. The van der Waals surface area contributed by atoms with Crippen LogP contribution in [0.4, 0.5) is 11.5 Å². The fraction of sp³-hybridized carbons (Fsp3) is 0.0625. The minimum Gasteiger partial charge on any atom is -0.384 e. The maximum absolute atomic E-state index is 12.5. The third-order valence-electron chi connectivity index (χ3n) is 3.24. The van der Waals surface area contributed by atoms with Crippen LogP contribution in [0.3, 0.4) is 0 Å². The fourth-order valence-corrected chi connectivity index (χ4v) is 2.19. The monoisotopic (exact) mass is 278 g/mol. The Morgan fingerprint density at radius 1 is 1.19 bits per heavy atom. The zero-order chi connectivity index (χ0) is 14.8. The van der Waals surface area contributed by atoms with Crippen LogP contribution in [-0.4, -0.2) is 15.9 Å². The van der Waals surface area contributed by atoms with Crippen molar-refractivity contribution in [3.8, 4) is 0 Å². The van der Waals surface area contributed by atoms with Crippen molar-refractivity contribution >= 4 is 28.3 Å². The van der Waals surface area contributed by atoms with E-state index in [4.69, 9.17) is 5.73 Å². The zero-order valence-corrected chi connectivity index (χ0v) is 11.5. The molecule has 0 saturated carbocycles. The maximum atomic E-state index is 12.5. The molecule has 2 aromatic heterocycles. The van der Waals surface area contributed by atoms with Crippen LogP contribution in [0.2, 0.25) is 0 Å². The first-order chi connectivity index (χ1) is 10.1. The minimum atomic E-state index is -0.226. The molecule has 5 heteroatoms. The topological polar surface area (TPSA) is 80.9 Å². The molecule has 5 nitrogen and oxygen atoms in total. The summed E-state index contributed by atoms with van der Waals surface area (Å²) in [5, 5.41) is 3.63. The van der Waals surface area contributed by atoms with Crippen LogP contribution in [0.15, 0.2) is 48.7 Å². The van der Waals surface area contributed by atoms with Gasteiger partial charge in [-0.15, -0.1) is 0 Å². The molecule has 1 aromatic carbocycles. The summed E-state index contributed by atoms with van der Waals surface area (Å²) in [6, 6.07) is 12.6. The lowest BCUT2D eigenvalue weighted by molar-refractivity contribution is 0.102. The number of nitrogen functional groups attached to an aromatic ring is 1. The van der Waals surface area contributed by atoms with E-state index in [-0.39, 0.29) is 5.91 Å². The highest BCUT2D eigenvalue weighted by Gasteiger charge is 2.13. The van der Waals surface area contributed by atoms with Crippen LogP contribution in [0.1, 0.15) is 16.1 Å².